The second-order valence-corrected chi connectivity index (χ2v) is 5.23. The quantitative estimate of drug-likeness (QED) is 0.744. The zero-order chi connectivity index (χ0) is 12.6. The maximum Gasteiger partial charge on any atom is 0.0205 e. The summed E-state index contributed by atoms with van der Waals surface area (Å²) in [7, 11) is 0. The van der Waals surface area contributed by atoms with Gasteiger partial charge in [0, 0.05) is 12.6 Å². The molecule has 18 heavy (non-hydrogen) atoms. The number of benzene rings is 1. The first-order valence-electron chi connectivity index (χ1n) is 7.39. The third-order valence-electron chi connectivity index (χ3n) is 3.97. The van der Waals surface area contributed by atoms with Gasteiger partial charge < -0.3 is 10.2 Å². The maximum atomic E-state index is 3.54. The highest BCUT2D eigenvalue weighted by Crippen LogP contribution is 2.20. The normalized spacial score (nSPS) is 20.4. The van der Waals surface area contributed by atoms with Crippen LogP contribution in [0.15, 0.2) is 30.3 Å². The predicted molar refractivity (Wildman–Crippen MR) is 77.7 cm³/mol. The monoisotopic (exact) mass is 246 g/mol. The molecule has 1 atom stereocenters. The van der Waals surface area contributed by atoms with E-state index in [2.05, 4.69) is 47.5 Å². The Bertz CT molecular complexity index is 323. The highest BCUT2D eigenvalue weighted by molar-refractivity contribution is 5.14. The summed E-state index contributed by atoms with van der Waals surface area (Å²) in [5, 5.41) is 3.54. The van der Waals surface area contributed by atoms with Gasteiger partial charge in [-0.1, -0.05) is 37.3 Å². The highest BCUT2D eigenvalue weighted by atomic mass is 15.2. The van der Waals surface area contributed by atoms with Crippen LogP contribution in [0.4, 0.5) is 0 Å². The Morgan fingerprint density at radius 1 is 1.28 bits per heavy atom. The molecule has 0 bridgehead atoms. The van der Waals surface area contributed by atoms with Crippen LogP contribution in [0.25, 0.3) is 0 Å². The number of nitrogens with zero attached hydrogens (tertiary/aromatic N) is 1. The molecule has 0 aromatic heterocycles. The van der Waals surface area contributed by atoms with Crippen molar-refractivity contribution in [1.82, 2.24) is 10.2 Å². The van der Waals surface area contributed by atoms with Crippen LogP contribution < -0.4 is 5.32 Å². The van der Waals surface area contributed by atoms with E-state index in [1.54, 1.807) is 0 Å². The minimum Gasteiger partial charge on any atom is -0.313 e. The van der Waals surface area contributed by atoms with Gasteiger partial charge >= 0.3 is 0 Å². The molecule has 0 aliphatic carbocycles. The first kappa shape index (κ1) is 13.6. The fourth-order valence-electron chi connectivity index (χ4n) is 2.93. The summed E-state index contributed by atoms with van der Waals surface area (Å²) in [6, 6.07) is 11.5. The van der Waals surface area contributed by atoms with E-state index in [0.717, 1.165) is 19.1 Å². The van der Waals surface area contributed by atoms with Gasteiger partial charge in [0.15, 0.2) is 0 Å². The van der Waals surface area contributed by atoms with Gasteiger partial charge in [-0.05, 0) is 50.9 Å². The molecular formula is C16H26N2. The fraction of sp³-hybridized carbons (Fsp3) is 0.625. The van der Waals surface area contributed by atoms with E-state index < -0.39 is 0 Å². The maximum absolute atomic E-state index is 3.54. The van der Waals surface area contributed by atoms with Gasteiger partial charge in [-0.2, -0.15) is 0 Å². The number of hydrogen-bond acceptors (Lipinski definition) is 2. The van der Waals surface area contributed by atoms with E-state index in [-0.39, 0.29) is 0 Å². The molecule has 1 N–H and O–H groups in total. The fourth-order valence-corrected chi connectivity index (χ4v) is 2.93. The second kappa shape index (κ2) is 7.55. The lowest BCUT2D eigenvalue weighted by Gasteiger charge is -2.22. The molecule has 1 aromatic rings. The molecule has 1 aliphatic rings. The molecular weight excluding hydrogens is 220 g/mol. The Labute approximate surface area is 111 Å². The summed E-state index contributed by atoms with van der Waals surface area (Å²) in [6.45, 7) is 6.97. The smallest absolute Gasteiger partial charge is 0.0205 e. The summed E-state index contributed by atoms with van der Waals surface area (Å²) in [5.74, 6) is 0. The third-order valence-corrected chi connectivity index (χ3v) is 3.97. The first-order chi connectivity index (χ1) is 8.90. The van der Waals surface area contributed by atoms with Crippen molar-refractivity contribution in [2.45, 2.75) is 45.2 Å². The Morgan fingerprint density at radius 3 is 2.89 bits per heavy atom. The molecule has 2 rings (SSSR count). The van der Waals surface area contributed by atoms with Crippen molar-refractivity contribution < 1.29 is 0 Å². The number of nitrogens with one attached hydrogen (secondary N) is 1. The molecule has 2 nitrogen and oxygen atoms in total. The van der Waals surface area contributed by atoms with Crippen molar-refractivity contribution in [3.63, 3.8) is 0 Å². The Balaban J connectivity index is 1.56. The number of likely N-dealkylation sites (tertiary alicyclic amines) is 1. The van der Waals surface area contributed by atoms with E-state index in [1.807, 2.05) is 0 Å². The van der Waals surface area contributed by atoms with Gasteiger partial charge in [-0.3, -0.25) is 0 Å². The third kappa shape index (κ3) is 4.11. The topological polar surface area (TPSA) is 15.3 Å². The number of hydrogen-bond donors (Lipinski definition) is 1. The van der Waals surface area contributed by atoms with E-state index in [1.165, 1.54) is 44.3 Å². The van der Waals surface area contributed by atoms with Gasteiger partial charge in [0.1, 0.15) is 0 Å². The van der Waals surface area contributed by atoms with Crippen molar-refractivity contribution in [1.29, 1.82) is 0 Å². The van der Waals surface area contributed by atoms with E-state index in [4.69, 9.17) is 0 Å². The summed E-state index contributed by atoms with van der Waals surface area (Å²) in [5.41, 5.74) is 1.38. The summed E-state index contributed by atoms with van der Waals surface area (Å²) < 4.78 is 0. The van der Waals surface area contributed by atoms with Gasteiger partial charge in [-0.25, -0.2) is 0 Å². The first-order valence-corrected chi connectivity index (χ1v) is 7.39. The van der Waals surface area contributed by atoms with Crippen LogP contribution in [0.5, 0.6) is 0 Å². The van der Waals surface area contributed by atoms with Crippen LogP contribution in [0.2, 0.25) is 0 Å². The van der Waals surface area contributed by atoms with Crippen LogP contribution in [0.1, 0.15) is 38.2 Å². The van der Waals surface area contributed by atoms with Crippen molar-refractivity contribution in [2.75, 3.05) is 19.6 Å². The molecule has 1 heterocycles. The lowest BCUT2D eigenvalue weighted by Crippen LogP contribution is -2.29. The minimum absolute atomic E-state index is 0.855. The van der Waals surface area contributed by atoms with Crippen molar-refractivity contribution in [2.24, 2.45) is 0 Å². The van der Waals surface area contributed by atoms with Crippen molar-refractivity contribution >= 4 is 0 Å². The van der Waals surface area contributed by atoms with E-state index in [9.17, 15) is 0 Å². The van der Waals surface area contributed by atoms with Crippen LogP contribution in [-0.4, -0.2) is 30.6 Å². The molecule has 1 aliphatic heterocycles. The molecule has 0 amide bonds. The van der Waals surface area contributed by atoms with E-state index >= 15 is 0 Å². The molecule has 2 heteroatoms. The lowest BCUT2D eigenvalue weighted by molar-refractivity contribution is 0.251. The predicted octanol–water partition coefficient (Wildman–Crippen LogP) is 3.04. The average Bonchev–Trinajstić information content (AvgIpc) is 2.87. The van der Waals surface area contributed by atoms with Crippen LogP contribution >= 0.6 is 0 Å². The van der Waals surface area contributed by atoms with Gasteiger partial charge in [0.2, 0.25) is 0 Å². The zero-order valence-electron chi connectivity index (χ0n) is 11.6. The van der Waals surface area contributed by atoms with Crippen LogP contribution in [0.3, 0.4) is 0 Å². The minimum atomic E-state index is 0.855. The molecule has 0 radical (unpaired) electrons. The molecule has 1 fully saturated rings. The average molecular weight is 246 g/mol. The van der Waals surface area contributed by atoms with Crippen LogP contribution in [0, 0.1) is 0 Å². The van der Waals surface area contributed by atoms with Crippen molar-refractivity contribution in [3.05, 3.63) is 35.9 Å². The molecule has 100 valence electrons. The standard InChI is InChI=1S/C16H26N2/c1-2-18-13-7-11-16(18)10-6-12-17-14-15-8-4-3-5-9-15/h3-5,8-9,16-17H,2,6-7,10-14H2,1H3/t16-/m1/s1. The Hall–Kier alpha value is -0.860. The van der Waals surface area contributed by atoms with Crippen LogP contribution in [-0.2, 0) is 6.54 Å². The zero-order valence-corrected chi connectivity index (χ0v) is 11.6. The number of rotatable bonds is 7. The lowest BCUT2D eigenvalue weighted by atomic mass is 10.1. The Morgan fingerprint density at radius 2 is 2.11 bits per heavy atom. The molecule has 1 saturated heterocycles. The summed E-state index contributed by atoms with van der Waals surface area (Å²) >= 11 is 0. The van der Waals surface area contributed by atoms with Gasteiger partial charge in [0.05, 0.1) is 0 Å². The summed E-state index contributed by atoms with van der Waals surface area (Å²) in [6.07, 6.45) is 5.46. The Kier molecular flexibility index (Phi) is 5.69. The van der Waals surface area contributed by atoms with Gasteiger partial charge in [0.25, 0.3) is 0 Å². The molecule has 0 unspecified atom stereocenters. The molecule has 1 aromatic carbocycles. The van der Waals surface area contributed by atoms with Crippen molar-refractivity contribution in [3.8, 4) is 0 Å². The second-order valence-electron chi connectivity index (χ2n) is 5.23. The summed E-state index contributed by atoms with van der Waals surface area (Å²) in [4.78, 5) is 2.64. The molecule has 0 saturated carbocycles. The highest BCUT2D eigenvalue weighted by Gasteiger charge is 2.21. The SMILES string of the molecule is CCN1CCC[C@H]1CCCNCc1ccccc1. The van der Waals surface area contributed by atoms with Gasteiger partial charge in [-0.15, -0.1) is 0 Å². The largest absolute Gasteiger partial charge is 0.313 e. The van der Waals surface area contributed by atoms with E-state index in [0.29, 0.717) is 0 Å². The molecule has 0 spiro atoms.